The number of hydrogen-bond donors (Lipinski definition) is 1. The fourth-order valence-corrected chi connectivity index (χ4v) is 4.20. The van der Waals surface area contributed by atoms with E-state index >= 15 is 0 Å². The molecule has 0 aromatic carbocycles. The summed E-state index contributed by atoms with van der Waals surface area (Å²) in [5.41, 5.74) is 2.56. The Bertz CT molecular complexity index is 1350. The molecule has 0 spiro atoms. The second kappa shape index (κ2) is 6.84. The summed E-state index contributed by atoms with van der Waals surface area (Å²) in [4.78, 5) is 27.5. The third kappa shape index (κ3) is 3.16. The number of aromatic nitrogens is 6. The molecule has 1 fully saturated rings. The number of fused-ring (bicyclic) bond motifs is 2. The number of piperidine rings is 1. The number of alkyl halides is 2. The SMILES string of the molecule is Cc1cc2nccn2cc1Nc1ncc2c(n1)n([C@@H]1CCN(C)CC1(F)F)c(=O)n2C. The van der Waals surface area contributed by atoms with Gasteiger partial charge in [0.2, 0.25) is 5.95 Å². The van der Waals surface area contributed by atoms with Crippen molar-refractivity contribution in [3.05, 3.63) is 46.9 Å². The lowest BCUT2D eigenvalue weighted by Crippen LogP contribution is -2.49. The van der Waals surface area contributed by atoms with Gasteiger partial charge in [0.1, 0.15) is 17.2 Å². The molecule has 1 N–H and O–H groups in total. The van der Waals surface area contributed by atoms with Crippen LogP contribution in [0.15, 0.2) is 35.6 Å². The molecule has 0 aliphatic carbocycles. The zero-order chi connectivity index (χ0) is 21.9. The first-order valence-electron chi connectivity index (χ1n) is 9.95. The Balaban J connectivity index is 1.60. The van der Waals surface area contributed by atoms with Crippen LogP contribution in [0.1, 0.15) is 18.0 Å². The van der Waals surface area contributed by atoms with Gasteiger partial charge in [-0.25, -0.2) is 23.5 Å². The number of aryl methyl sites for hydroxylation is 2. The van der Waals surface area contributed by atoms with Gasteiger partial charge < -0.3 is 14.6 Å². The summed E-state index contributed by atoms with van der Waals surface area (Å²) >= 11 is 0. The molecule has 4 aromatic heterocycles. The van der Waals surface area contributed by atoms with E-state index in [1.165, 1.54) is 10.8 Å². The van der Waals surface area contributed by atoms with Gasteiger partial charge in [-0.2, -0.15) is 4.98 Å². The number of rotatable bonds is 3. The number of hydrogen-bond acceptors (Lipinski definition) is 6. The van der Waals surface area contributed by atoms with Crippen LogP contribution in [0.4, 0.5) is 20.4 Å². The first kappa shape index (κ1) is 19.6. The lowest BCUT2D eigenvalue weighted by atomic mass is 10.0. The Labute approximate surface area is 176 Å². The molecule has 0 saturated carbocycles. The van der Waals surface area contributed by atoms with Crippen LogP contribution >= 0.6 is 0 Å². The largest absolute Gasteiger partial charge is 0.330 e. The van der Waals surface area contributed by atoms with Gasteiger partial charge in [0.05, 0.1) is 18.4 Å². The van der Waals surface area contributed by atoms with Crippen molar-refractivity contribution in [2.75, 3.05) is 25.5 Å². The summed E-state index contributed by atoms with van der Waals surface area (Å²) in [7, 11) is 3.20. The van der Waals surface area contributed by atoms with E-state index in [2.05, 4.69) is 20.3 Å². The molecule has 0 radical (unpaired) electrons. The van der Waals surface area contributed by atoms with Crippen molar-refractivity contribution in [3.63, 3.8) is 0 Å². The second-order valence-electron chi connectivity index (χ2n) is 8.11. The van der Waals surface area contributed by atoms with Crippen LogP contribution in [0.25, 0.3) is 16.8 Å². The Morgan fingerprint density at radius 1 is 1.26 bits per heavy atom. The first-order chi connectivity index (χ1) is 14.7. The Morgan fingerprint density at radius 2 is 2.06 bits per heavy atom. The molecule has 9 nitrogen and oxygen atoms in total. The summed E-state index contributed by atoms with van der Waals surface area (Å²) in [6.07, 6.45) is 7.02. The Kier molecular flexibility index (Phi) is 4.33. The van der Waals surface area contributed by atoms with Crippen molar-refractivity contribution in [1.82, 2.24) is 33.4 Å². The molecule has 11 heteroatoms. The molecule has 162 valence electrons. The number of imidazole rings is 2. The molecule has 1 aliphatic heterocycles. The summed E-state index contributed by atoms with van der Waals surface area (Å²) < 4.78 is 34.0. The Hall–Kier alpha value is -3.34. The fraction of sp³-hybridized carbons (Fsp3) is 0.400. The lowest BCUT2D eigenvalue weighted by molar-refractivity contribution is -0.0979. The van der Waals surface area contributed by atoms with Crippen molar-refractivity contribution in [1.29, 1.82) is 0 Å². The molecule has 1 aliphatic rings. The number of likely N-dealkylation sites (tertiary alicyclic amines) is 1. The highest BCUT2D eigenvalue weighted by Gasteiger charge is 2.46. The zero-order valence-electron chi connectivity index (χ0n) is 17.4. The highest BCUT2D eigenvalue weighted by molar-refractivity contribution is 5.73. The van der Waals surface area contributed by atoms with Gasteiger partial charge in [-0.1, -0.05) is 0 Å². The number of halogens is 2. The molecular formula is C20H22F2N8O. The molecule has 4 aromatic rings. The second-order valence-corrected chi connectivity index (χ2v) is 8.11. The van der Waals surface area contributed by atoms with Crippen molar-refractivity contribution >= 4 is 28.4 Å². The van der Waals surface area contributed by atoms with Crippen molar-refractivity contribution < 1.29 is 8.78 Å². The van der Waals surface area contributed by atoms with Crippen LogP contribution in [0.3, 0.4) is 0 Å². The molecule has 31 heavy (non-hydrogen) atoms. The van der Waals surface area contributed by atoms with Gasteiger partial charge in [-0.05, 0) is 32.0 Å². The number of anilines is 2. The summed E-state index contributed by atoms with van der Waals surface area (Å²) in [5, 5.41) is 3.14. The third-order valence-corrected chi connectivity index (χ3v) is 5.88. The summed E-state index contributed by atoms with van der Waals surface area (Å²) in [6, 6.07) is 0.657. The maximum atomic E-state index is 14.9. The summed E-state index contributed by atoms with van der Waals surface area (Å²) in [5.74, 6) is -2.82. The lowest BCUT2D eigenvalue weighted by Gasteiger charge is -2.36. The smallest absolute Gasteiger partial charge is 0.323 e. The minimum absolute atomic E-state index is 0.158. The van der Waals surface area contributed by atoms with Crippen LogP contribution in [0, 0.1) is 6.92 Å². The van der Waals surface area contributed by atoms with E-state index in [9.17, 15) is 13.6 Å². The topological polar surface area (TPSA) is 85.3 Å². The number of nitrogens with one attached hydrogen (secondary N) is 1. The highest BCUT2D eigenvalue weighted by Crippen LogP contribution is 2.37. The van der Waals surface area contributed by atoms with E-state index in [-0.39, 0.29) is 18.0 Å². The van der Waals surface area contributed by atoms with Gasteiger partial charge in [0.25, 0.3) is 5.92 Å². The molecule has 1 atom stereocenters. The molecule has 1 saturated heterocycles. The van der Waals surface area contributed by atoms with Gasteiger partial charge in [-0.3, -0.25) is 9.13 Å². The van der Waals surface area contributed by atoms with Gasteiger partial charge in [0, 0.05) is 32.2 Å². The van der Waals surface area contributed by atoms with Crippen molar-refractivity contribution in [2.24, 2.45) is 7.05 Å². The van der Waals surface area contributed by atoms with Crippen molar-refractivity contribution in [3.8, 4) is 0 Å². The predicted molar refractivity (Wildman–Crippen MR) is 112 cm³/mol. The van der Waals surface area contributed by atoms with E-state index in [1.807, 2.05) is 29.8 Å². The normalized spacial score (nSPS) is 19.3. The fourth-order valence-electron chi connectivity index (χ4n) is 4.20. The Morgan fingerprint density at radius 3 is 2.84 bits per heavy atom. The molecular weight excluding hydrogens is 406 g/mol. The van der Waals surface area contributed by atoms with E-state index in [0.717, 1.165) is 21.5 Å². The molecule has 0 unspecified atom stereocenters. The third-order valence-electron chi connectivity index (χ3n) is 5.88. The van der Waals surface area contributed by atoms with Crippen LogP contribution in [0.2, 0.25) is 0 Å². The average Bonchev–Trinajstić information content (AvgIpc) is 3.24. The maximum Gasteiger partial charge on any atom is 0.330 e. The minimum Gasteiger partial charge on any atom is -0.323 e. The van der Waals surface area contributed by atoms with E-state index < -0.39 is 24.2 Å². The maximum absolute atomic E-state index is 14.9. The molecule has 0 amide bonds. The highest BCUT2D eigenvalue weighted by atomic mass is 19.3. The van der Waals surface area contributed by atoms with Crippen LogP contribution in [-0.2, 0) is 7.05 Å². The standard InChI is InChI=1S/C20H22F2N8O/c1-12-8-16-23-5-7-29(16)10-13(12)25-18-24-9-14-17(26-18)30(19(31)28(14)3)15-4-6-27(2)11-20(15,21)22/h5,7-10,15H,4,6,11H2,1-3H3,(H,24,25,26)/t15-/m1/s1. The average molecular weight is 428 g/mol. The van der Waals surface area contributed by atoms with E-state index in [0.29, 0.717) is 12.1 Å². The van der Waals surface area contributed by atoms with E-state index in [4.69, 9.17) is 0 Å². The zero-order valence-corrected chi connectivity index (χ0v) is 17.4. The summed E-state index contributed by atoms with van der Waals surface area (Å²) in [6.45, 7) is 2.00. The molecule has 5 heterocycles. The quantitative estimate of drug-likeness (QED) is 0.539. The van der Waals surface area contributed by atoms with Crippen LogP contribution < -0.4 is 11.0 Å². The van der Waals surface area contributed by atoms with Gasteiger partial charge >= 0.3 is 5.69 Å². The van der Waals surface area contributed by atoms with Crippen LogP contribution in [-0.4, -0.2) is 59.4 Å². The number of pyridine rings is 1. The van der Waals surface area contributed by atoms with Crippen molar-refractivity contribution in [2.45, 2.75) is 25.3 Å². The van der Waals surface area contributed by atoms with E-state index in [1.54, 1.807) is 25.2 Å². The monoisotopic (exact) mass is 428 g/mol. The number of nitrogens with zero attached hydrogens (tertiary/aromatic N) is 7. The minimum atomic E-state index is -3.05. The molecule has 0 bridgehead atoms. The van der Waals surface area contributed by atoms with Gasteiger partial charge in [0.15, 0.2) is 5.65 Å². The molecule has 5 rings (SSSR count). The van der Waals surface area contributed by atoms with Gasteiger partial charge in [-0.15, -0.1) is 0 Å². The predicted octanol–water partition coefficient (Wildman–Crippen LogP) is 2.34. The first-order valence-corrected chi connectivity index (χ1v) is 9.95. The van der Waals surface area contributed by atoms with Crippen LogP contribution in [0.5, 0.6) is 0 Å².